The summed E-state index contributed by atoms with van der Waals surface area (Å²) in [6, 6.07) is 9.68. The van der Waals surface area contributed by atoms with Gasteiger partial charge in [-0.2, -0.15) is 0 Å². The monoisotopic (exact) mass is 233 g/mol. The van der Waals surface area contributed by atoms with Gasteiger partial charge in [-0.05, 0) is 36.4 Å². The Kier molecular flexibility index (Phi) is 6.28. The molecule has 0 saturated heterocycles. The standard InChI is InChI=1S/C16H27N/c1-5-7-16(17-6-2)15-10-8-14(9-11-15)12-13(3)4/h8-11,13,16-17H,5-7,12H2,1-4H3. The molecule has 0 amide bonds. The van der Waals surface area contributed by atoms with Crippen LogP contribution in [0, 0.1) is 5.92 Å². The Balaban J connectivity index is 2.69. The van der Waals surface area contributed by atoms with Crippen molar-refractivity contribution in [1.29, 1.82) is 0 Å². The molecule has 1 aromatic rings. The molecule has 17 heavy (non-hydrogen) atoms. The molecule has 0 radical (unpaired) electrons. The molecule has 1 unspecified atom stereocenters. The lowest BCUT2D eigenvalue weighted by Crippen LogP contribution is -2.20. The van der Waals surface area contributed by atoms with Crippen LogP contribution < -0.4 is 5.32 Å². The Morgan fingerprint density at radius 3 is 2.18 bits per heavy atom. The maximum Gasteiger partial charge on any atom is 0.0320 e. The van der Waals surface area contributed by atoms with Gasteiger partial charge in [0.2, 0.25) is 0 Å². The molecule has 0 bridgehead atoms. The van der Waals surface area contributed by atoms with Crippen LogP contribution in [0.4, 0.5) is 0 Å². The van der Waals surface area contributed by atoms with Crippen LogP contribution >= 0.6 is 0 Å². The average molecular weight is 233 g/mol. The largest absolute Gasteiger partial charge is 0.310 e. The van der Waals surface area contributed by atoms with Crippen LogP contribution in [0.25, 0.3) is 0 Å². The first-order chi connectivity index (χ1) is 8.17. The SMILES string of the molecule is CCCC(NCC)c1ccc(CC(C)C)cc1. The van der Waals surface area contributed by atoms with Crippen molar-refractivity contribution in [2.45, 2.75) is 53.0 Å². The quantitative estimate of drug-likeness (QED) is 0.739. The van der Waals surface area contributed by atoms with Gasteiger partial charge < -0.3 is 5.32 Å². The highest BCUT2D eigenvalue weighted by Gasteiger charge is 2.08. The minimum atomic E-state index is 0.526. The first-order valence-corrected chi connectivity index (χ1v) is 6.99. The van der Waals surface area contributed by atoms with Crippen molar-refractivity contribution >= 4 is 0 Å². The normalized spacial score (nSPS) is 13.0. The van der Waals surface area contributed by atoms with Crippen molar-refractivity contribution < 1.29 is 0 Å². The van der Waals surface area contributed by atoms with Gasteiger partial charge in [0.15, 0.2) is 0 Å². The van der Waals surface area contributed by atoms with Crippen LogP contribution in [-0.4, -0.2) is 6.54 Å². The maximum absolute atomic E-state index is 3.56. The van der Waals surface area contributed by atoms with Crippen LogP contribution in [0.3, 0.4) is 0 Å². The summed E-state index contributed by atoms with van der Waals surface area (Å²) < 4.78 is 0. The van der Waals surface area contributed by atoms with Gasteiger partial charge in [-0.25, -0.2) is 0 Å². The molecule has 1 rings (SSSR count). The molecule has 1 heteroatoms. The van der Waals surface area contributed by atoms with E-state index < -0.39 is 0 Å². The molecule has 0 aromatic heterocycles. The van der Waals surface area contributed by atoms with E-state index in [1.54, 1.807) is 0 Å². The highest BCUT2D eigenvalue weighted by atomic mass is 14.9. The zero-order chi connectivity index (χ0) is 12.7. The summed E-state index contributed by atoms with van der Waals surface area (Å²) in [4.78, 5) is 0. The van der Waals surface area contributed by atoms with Gasteiger partial charge in [-0.1, -0.05) is 58.4 Å². The maximum atomic E-state index is 3.56. The van der Waals surface area contributed by atoms with Crippen LogP contribution in [0.1, 0.15) is 57.7 Å². The predicted molar refractivity (Wildman–Crippen MR) is 76.3 cm³/mol. The molecular formula is C16H27N. The summed E-state index contributed by atoms with van der Waals surface area (Å²) >= 11 is 0. The van der Waals surface area contributed by atoms with E-state index in [4.69, 9.17) is 0 Å². The van der Waals surface area contributed by atoms with Crippen molar-refractivity contribution in [3.8, 4) is 0 Å². The fraction of sp³-hybridized carbons (Fsp3) is 0.625. The van der Waals surface area contributed by atoms with E-state index in [1.807, 2.05) is 0 Å². The van der Waals surface area contributed by atoms with Gasteiger partial charge in [0.05, 0.1) is 0 Å². The molecule has 0 saturated carbocycles. The summed E-state index contributed by atoms with van der Waals surface area (Å²) in [5.74, 6) is 0.737. The first kappa shape index (κ1) is 14.2. The minimum Gasteiger partial charge on any atom is -0.310 e. The first-order valence-electron chi connectivity index (χ1n) is 6.99. The summed E-state index contributed by atoms with van der Waals surface area (Å²) in [5.41, 5.74) is 2.89. The second-order valence-corrected chi connectivity index (χ2v) is 5.24. The smallest absolute Gasteiger partial charge is 0.0320 e. The van der Waals surface area contributed by atoms with E-state index in [9.17, 15) is 0 Å². The van der Waals surface area contributed by atoms with Gasteiger partial charge in [-0.3, -0.25) is 0 Å². The number of benzene rings is 1. The minimum absolute atomic E-state index is 0.526. The molecule has 0 aliphatic rings. The van der Waals surface area contributed by atoms with Crippen molar-refractivity contribution in [1.82, 2.24) is 5.32 Å². The summed E-state index contributed by atoms with van der Waals surface area (Å²) in [7, 11) is 0. The Labute approximate surface area is 107 Å². The van der Waals surface area contributed by atoms with Crippen molar-refractivity contribution in [3.05, 3.63) is 35.4 Å². The second kappa shape index (κ2) is 7.50. The lowest BCUT2D eigenvalue weighted by Gasteiger charge is -2.18. The Hall–Kier alpha value is -0.820. The molecule has 1 atom stereocenters. The van der Waals surface area contributed by atoms with E-state index >= 15 is 0 Å². The lowest BCUT2D eigenvalue weighted by molar-refractivity contribution is 0.509. The third-order valence-corrected chi connectivity index (χ3v) is 3.05. The van der Waals surface area contributed by atoms with E-state index in [2.05, 4.69) is 57.3 Å². The van der Waals surface area contributed by atoms with Crippen LogP contribution in [-0.2, 0) is 6.42 Å². The summed E-state index contributed by atoms with van der Waals surface area (Å²) in [6.45, 7) is 10.0. The van der Waals surface area contributed by atoms with E-state index in [0.29, 0.717) is 6.04 Å². The Morgan fingerprint density at radius 2 is 1.71 bits per heavy atom. The molecule has 0 heterocycles. The Morgan fingerprint density at radius 1 is 1.06 bits per heavy atom. The fourth-order valence-electron chi connectivity index (χ4n) is 2.28. The number of rotatable bonds is 7. The number of hydrogen-bond donors (Lipinski definition) is 1. The van der Waals surface area contributed by atoms with Gasteiger partial charge >= 0.3 is 0 Å². The number of nitrogens with one attached hydrogen (secondary N) is 1. The highest BCUT2D eigenvalue weighted by Crippen LogP contribution is 2.19. The van der Waals surface area contributed by atoms with Gasteiger partial charge in [-0.15, -0.1) is 0 Å². The van der Waals surface area contributed by atoms with Gasteiger partial charge in [0.1, 0.15) is 0 Å². The van der Waals surface area contributed by atoms with Crippen LogP contribution in [0.5, 0.6) is 0 Å². The molecule has 1 N–H and O–H groups in total. The van der Waals surface area contributed by atoms with E-state index in [1.165, 1.54) is 30.4 Å². The molecule has 1 nitrogen and oxygen atoms in total. The van der Waals surface area contributed by atoms with Gasteiger partial charge in [0.25, 0.3) is 0 Å². The third kappa shape index (κ3) is 4.91. The molecular weight excluding hydrogens is 206 g/mol. The van der Waals surface area contributed by atoms with E-state index in [-0.39, 0.29) is 0 Å². The number of hydrogen-bond acceptors (Lipinski definition) is 1. The molecule has 1 aromatic carbocycles. The van der Waals surface area contributed by atoms with Gasteiger partial charge in [0, 0.05) is 6.04 Å². The molecule has 0 fully saturated rings. The highest BCUT2D eigenvalue weighted by molar-refractivity contribution is 5.25. The lowest BCUT2D eigenvalue weighted by atomic mass is 9.97. The van der Waals surface area contributed by atoms with Crippen LogP contribution in [0.15, 0.2) is 24.3 Å². The molecule has 0 aliphatic heterocycles. The fourth-order valence-corrected chi connectivity index (χ4v) is 2.28. The van der Waals surface area contributed by atoms with E-state index in [0.717, 1.165) is 12.5 Å². The molecule has 96 valence electrons. The van der Waals surface area contributed by atoms with Crippen molar-refractivity contribution in [3.63, 3.8) is 0 Å². The van der Waals surface area contributed by atoms with Crippen molar-refractivity contribution in [2.24, 2.45) is 5.92 Å². The molecule has 0 aliphatic carbocycles. The van der Waals surface area contributed by atoms with Crippen LogP contribution in [0.2, 0.25) is 0 Å². The van der Waals surface area contributed by atoms with Crippen molar-refractivity contribution in [2.75, 3.05) is 6.54 Å². The topological polar surface area (TPSA) is 12.0 Å². The Bertz CT molecular complexity index is 294. The summed E-state index contributed by atoms with van der Waals surface area (Å²) in [6.07, 6.45) is 3.63. The third-order valence-electron chi connectivity index (χ3n) is 3.05. The predicted octanol–water partition coefficient (Wildman–Crippen LogP) is 4.34. The summed E-state index contributed by atoms with van der Waals surface area (Å²) in [5, 5.41) is 3.56. The molecule has 0 spiro atoms. The zero-order valence-electron chi connectivity index (χ0n) is 11.8. The zero-order valence-corrected chi connectivity index (χ0v) is 11.8. The second-order valence-electron chi connectivity index (χ2n) is 5.24. The average Bonchev–Trinajstić information content (AvgIpc) is 2.29.